The number of hydrogen-bond donors (Lipinski definition) is 1. The molecule has 0 fully saturated rings. The number of aryl methyl sites for hydroxylation is 1. The summed E-state index contributed by atoms with van der Waals surface area (Å²) in [4.78, 5) is 0. The maximum atomic E-state index is 6.47. The molecule has 2 aromatic carbocycles. The smallest absolute Gasteiger partial charge is 0.0553 e. The van der Waals surface area contributed by atoms with Gasteiger partial charge in [-0.3, -0.25) is 0 Å². The van der Waals surface area contributed by atoms with E-state index in [-0.39, 0.29) is 0 Å². The third kappa shape index (κ3) is 2.24. The van der Waals surface area contributed by atoms with E-state index in [1.807, 2.05) is 12.1 Å². The first-order valence-corrected chi connectivity index (χ1v) is 8.38. The Morgan fingerprint density at radius 3 is 2.64 bits per heavy atom. The van der Waals surface area contributed by atoms with Gasteiger partial charge in [0.1, 0.15) is 0 Å². The molecule has 1 N–H and O–H groups in total. The summed E-state index contributed by atoms with van der Waals surface area (Å²) in [6, 6.07) is 12.9. The fraction of sp³-hybridized carbons (Fsp3) is 0.263. The van der Waals surface area contributed by atoms with Gasteiger partial charge >= 0.3 is 0 Å². The summed E-state index contributed by atoms with van der Waals surface area (Å²) in [5.74, 6) is 0.876. The van der Waals surface area contributed by atoms with Crippen LogP contribution in [0.4, 0.5) is 5.69 Å². The Morgan fingerprint density at radius 2 is 1.86 bits per heavy atom. The van der Waals surface area contributed by atoms with E-state index in [1.165, 1.54) is 16.7 Å². The lowest BCUT2D eigenvalue weighted by atomic mass is 9.77. The van der Waals surface area contributed by atoms with Gasteiger partial charge in [-0.25, -0.2) is 0 Å². The lowest BCUT2D eigenvalue weighted by molar-refractivity contribution is 0.425. The monoisotopic (exact) mass is 329 g/mol. The van der Waals surface area contributed by atoms with E-state index >= 15 is 0 Å². The molecule has 1 heterocycles. The quantitative estimate of drug-likeness (QED) is 0.620. The molecule has 2 aliphatic rings. The van der Waals surface area contributed by atoms with Gasteiger partial charge in [0.05, 0.1) is 6.04 Å². The number of nitrogens with one attached hydrogen (secondary N) is 1. The van der Waals surface area contributed by atoms with Crippen molar-refractivity contribution < 1.29 is 0 Å². The molecule has 0 radical (unpaired) electrons. The third-order valence-electron chi connectivity index (χ3n) is 4.82. The van der Waals surface area contributed by atoms with Gasteiger partial charge in [-0.15, -0.1) is 0 Å². The van der Waals surface area contributed by atoms with E-state index in [4.69, 9.17) is 23.2 Å². The van der Waals surface area contributed by atoms with Crippen LogP contribution in [0.5, 0.6) is 0 Å². The normalized spacial score (nSPS) is 25.5. The highest BCUT2D eigenvalue weighted by molar-refractivity contribution is 6.35. The first-order chi connectivity index (χ1) is 10.6. The molecular weight excluding hydrogens is 313 g/mol. The number of allylic oxidation sites excluding steroid dienone is 2. The van der Waals surface area contributed by atoms with Gasteiger partial charge in [0.2, 0.25) is 0 Å². The van der Waals surface area contributed by atoms with Gasteiger partial charge in [-0.1, -0.05) is 65.2 Å². The van der Waals surface area contributed by atoms with Crippen molar-refractivity contribution in [1.82, 2.24) is 0 Å². The van der Waals surface area contributed by atoms with Crippen LogP contribution in [0, 0.1) is 12.8 Å². The first-order valence-electron chi connectivity index (χ1n) is 7.62. The standard InChI is InChI=1S/C19H17Cl2N/c1-11-5-7-12(8-6-11)19-15-4-2-3-14(15)18-16(21)9-13(20)10-17(18)22-19/h2-3,5-10,14-15,19,22H,4H2,1H3. The third-order valence-corrected chi connectivity index (χ3v) is 5.35. The topological polar surface area (TPSA) is 12.0 Å². The van der Waals surface area contributed by atoms with Crippen molar-refractivity contribution in [1.29, 1.82) is 0 Å². The Hall–Kier alpha value is -1.44. The summed E-state index contributed by atoms with van der Waals surface area (Å²) in [5.41, 5.74) is 4.86. The van der Waals surface area contributed by atoms with Crippen molar-refractivity contribution in [2.24, 2.45) is 5.92 Å². The SMILES string of the molecule is Cc1ccc(C2Nc3cc(Cl)cc(Cl)c3C3C=CCC32)cc1. The van der Waals surface area contributed by atoms with Crippen LogP contribution in [0.15, 0.2) is 48.6 Å². The van der Waals surface area contributed by atoms with Crippen LogP contribution < -0.4 is 5.32 Å². The van der Waals surface area contributed by atoms with Crippen molar-refractivity contribution >= 4 is 28.9 Å². The number of fused-ring (bicyclic) bond motifs is 3. The molecule has 1 aliphatic heterocycles. The molecule has 0 bridgehead atoms. The van der Waals surface area contributed by atoms with Gasteiger partial charge in [0.15, 0.2) is 0 Å². The maximum absolute atomic E-state index is 6.47. The Balaban J connectivity index is 1.82. The molecule has 3 heteroatoms. The number of anilines is 1. The van der Waals surface area contributed by atoms with Gasteiger partial charge in [0.25, 0.3) is 0 Å². The van der Waals surface area contributed by atoms with Crippen LogP contribution in [-0.2, 0) is 0 Å². The van der Waals surface area contributed by atoms with Crippen LogP contribution in [0.1, 0.15) is 35.1 Å². The molecule has 3 atom stereocenters. The van der Waals surface area contributed by atoms with Crippen LogP contribution >= 0.6 is 23.2 Å². The highest BCUT2D eigenvalue weighted by atomic mass is 35.5. The molecule has 3 unspecified atom stereocenters. The van der Waals surface area contributed by atoms with Crippen LogP contribution in [-0.4, -0.2) is 0 Å². The average Bonchev–Trinajstić information content (AvgIpc) is 2.95. The number of benzene rings is 2. The largest absolute Gasteiger partial charge is 0.378 e. The summed E-state index contributed by atoms with van der Waals surface area (Å²) in [7, 11) is 0. The summed E-state index contributed by atoms with van der Waals surface area (Å²) < 4.78 is 0. The molecule has 0 spiro atoms. The van der Waals surface area contributed by atoms with Gasteiger partial charge in [0, 0.05) is 27.2 Å². The average molecular weight is 330 g/mol. The zero-order chi connectivity index (χ0) is 15.3. The highest BCUT2D eigenvalue weighted by Crippen LogP contribution is 2.52. The van der Waals surface area contributed by atoms with Gasteiger partial charge < -0.3 is 5.32 Å². The van der Waals surface area contributed by atoms with Crippen molar-refractivity contribution in [3.05, 3.63) is 75.3 Å². The number of hydrogen-bond acceptors (Lipinski definition) is 1. The van der Waals surface area contributed by atoms with Gasteiger partial charge in [-0.2, -0.15) is 0 Å². The molecule has 0 amide bonds. The molecule has 1 aliphatic carbocycles. The summed E-state index contributed by atoms with van der Waals surface area (Å²) in [5, 5.41) is 5.12. The molecule has 22 heavy (non-hydrogen) atoms. The van der Waals surface area contributed by atoms with Crippen molar-refractivity contribution in [3.63, 3.8) is 0 Å². The fourth-order valence-electron chi connectivity index (χ4n) is 3.75. The second-order valence-electron chi connectivity index (χ2n) is 6.24. The Kier molecular flexibility index (Phi) is 3.43. The summed E-state index contributed by atoms with van der Waals surface area (Å²) in [6.45, 7) is 2.12. The molecule has 0 saturated carbocycles. The Labute approximate surface area is 140 Å². The molecule has 2 aromatic rings. The van der Waals surface area contributed by atoms with E-state index in [2.05, 4.69) is 48.7 Å². The lowest BCUT2D eigenvalue weighted by Gasteiger charge is -2.38. The van der Waals surface area contributed by atoms with Crippen LogP contribution in [0.3, 0.4) is 0 Å². The molecular formula is C19H17Cl2N. The van der Waals surface area contributed by atoms with Crippen molar-refractivity contribution in [2.45, 2.75) is 25.3 Å². The van der Waals surface area contributed by atoms with Crippen LogP contribution in [0.25, 0.3) is 0 Å². The zero-order valence-corrected chi connectivity index (χ0v) is 13.8. The second kappa shape index (κ2) is 5.33. The molecule has 4 rings (SSSR count). The summed E-state index contributed by atoms with van der Waals surface area (Å²) >= 11 is 12.7. The van der Waals surface area contributed by atoms with Crippen LogP contribution in [0.2, 0.25) is 10.0 Å². The first kappa shape index (κ1) is 14.2. The van der Waals surface area contributed by atoms with E-state index in [1.54, 1.807) is 0 Å². The van der Waals surface area contributed by atoms with Gasteiger partial charge in [-0.05, 0) is 37.0 Å². The summed E-state index contributed by atoms with van der Waals surface area (Å²) in [6.07, 6.45) is 5.65. The molecule has 0 saturated heterocycles. The zero-order valence-electron chi connectivity index (χ0n) is 12.3. The Bertz CT molecular complexity index is 749. The highest BCUT2D eigenvalue weighted by Gasteiger charge is 2.39. The Morgan fingerprint density at radius 1 is 1.09 bits per heavy atom. The van der Waals surface area contributed by atoms with E-state index in [9.17, 15) is 0 Å². The molecule has 112 valence electrons. The van der Waals surface area contributed by atoms with E-state index < -0.39 is 0 Å². The van der Waals surface area contributed by atoms with E-state index in [0.29, 0.717) is 22.9 Å². The number of rotatable bonds is 1. The predicted molar refractivity (Wildman–Crippen MR) is 94.0 cm³/mol. The fourth-order valence-corrected chi connectivity index (χ4v) is 4.37. The lowest BCUT2D eigenvalue weighted by Crippen LogP contribution is -2.29. The number of halogens is 2. The molecule has 0 aromatic heterocycles. The van der Waals surface area contributed by atoms with Crippen molar-refractivity contribution in [3.8, 4) is 0 Å². The maximum Gasteiger partial charge on any atom is 0.0553 e. The minimum absolute atomic E-state index is 0.294. The molecule has 1 nitrogen and oxygen atoms in total. The minimum Gasteiger partial charge on any atom is -0.378 e. The van der Waals surface area contributed by atoms with E-state index in [0.717, 1.165) is 17.1 Å². The predicted octanol–water partition coefficient (Wildman–Crippen LogP) is 6.13. The second-order valence-corrected chi connectivity index (χ2v) is 7.08. The minimum atomic E-state index is 0.294. The van der Waals surface area contributed by atoms with Crippen molar-refractivity contribution in [2.75, 3.05) is 5.32 Å².